The number of fused-ring (bicyclic) bond motifs is 1. The van der Waals surface area contributed by atoms with E-state index in [4.69, 9.17) is 0 Å². The zero-order chi connectivity index (χ0) is 23.4. The summed E-state index contributed by atoms with van der Waals surface area (Å²) in [4.78, 5) is 49.2. The van der Waals surface area contributed by atoms with Crippen molar-refractivity contribution in [1.82, 2.24) is 10.2 Å². The van der Waals surface area contributed by atoms with E-state index in [1.165, 1.54) is 18.9 Å². The number of carbonyl (C=O) groups is 4. The number of anilines is 1. The van der Waals surface area contributed by atoms with E-state index >= 15 is 0 Å². The summed E-state index contributed by atoms with van der Waals surface area (Å²) in [6, 6.07) is 13.1. The van der Waals surface area contributed by atoms with Crippen LogP contribution in [0.3, 0.4) is 0 Å². The van der Waals surface area contributed by atoms with Gasteiger partial charge in [0.05, 0.1) is 20.1 Å². The van der Waals surface area contributed by atoms with E-state index in [9.17, 15) is 19.2 Å². The largest absolute Gasteiger partial charge is 0.464 e. The molecule has 164 valence electrons. The number of rotatable bonds is 6. The Morgan fingerprint density at radius 1 is 1.06 bits per heavy atom. The van der Waals surface area contributed by atoms with Gasteiger partial charge in [-0.2, -0.15) is 0 Å². The number of esters is 1. The molecule has 1 heterocycles. The Balaban J connectivity index is 1.81. The predicted octanol–water partition coefficient (Wildman–Crippen LogP) is 2.51. The van der Waals surface area contributed by atoms with Crippen molar-refractivity contribution in [3.8, 4) is 11.1 Å². The van der Waals surface area contributed by atoms with Crippen molar-refractivity contribution in [3.05, 3.63) is 78.1 Å². The lowest BCUT2D eigenvalue weighted by Crippen LogP contribution is -2.41. The molecule has 0 radical (unpaired) electrons. The predicted molar refractivity (Wildman–Crippen MR) is 119 cm³/mol. The number of ether oxygens (including phenoxy) is 1. The van der Waals surface area contributed by atoms with Crippen LogP contribution in [0, 0.1) is 0 Å². The summed E-state index contributed by atoms with van der Waals surface area (Å²) in [7, 11) is 1.17. The molecule has 2 aromatic rings. The lowest BCUT2D eigenvalue weighted by atomic mass is 9.90. The number of nitrogens with one attached hydrogen (secondary N) is 2. The molecular weight excluding hydrogens is 410 g/mol. The number of methoxy groups -OCH3 is 1. The van der Waals surface area contributed by atoms with Crippen LogP contribution in [0.1, 0.15) is 18.1 Å². The Bertz CT molecular complexity index is 1130. The van der Waals surface area contributed by atoms with Gasteiger partial charge in [-0.15, -0.1) is 0 Å². The zero-order valence-corrected chi connectivity index (χ0v) is 17.9. The second-order valence-electron chi connectivity index (χ2n) is 7.23. The molecule has 0 fully saturated rings. The van der Waals surface area contributed by atoms with Gasteiger partial charge in [0.1, 0.15) is 11.4 Å². The monoisotopic (exact) mass is 433 g/mol. The average molecular weight is 433 g/mol. The second-order valence-corrected chi connectivity index (χ2v) is 7.23. The van der Waals surface area contributed by atoms with E-state index in [2.05, 4.69) is 28.5 Å². The normalized spacial score (nSPS) is 12.4. The summed E-state index contributed by atoms with van der Waals surface area (Å²) in [6.07, 6.45) is 0.0865. The average Bonchev–Trinajstić information content (AvgIpc) is 2.77. The third-order valence-corrected chi connectivity index (χ3v) is 5.03. The number of hydrogen-bond donors (Lipinski definition) is 2. The molecule has 0 aliphatic carbocycles. The van der Waals surface area contributed by atoms with Crippen molar-refractivity contribution >= 4 is 29.4 Å². The molecule has 3 amide bonds. The SMILES string of the molecule is C=C(NC(=O)C(=C)N1Cc2cccc(-c3ccc(NC(C)=O)cc3)c2CC1=O)C(=O)OC. The summed E-state index contributed by atoms with van der Waals surface area (Å²) in [6.45, 7) is 8.77. The first-order valence-corrected chi connectivity index (χ1v) is 9.78. The fourth-order valence-electron chi connectivity index (χ4n) is 3.46. The first kappa shape index (κ1) is 22.5. The van der Waals surface area contributed by atoms with Crippen molar-refractivity contribution in [3.63, 3.8) is 0 Å². The van der Waals surface area contributed by atoms with Crippen molar-refractivity contribution in [2.75, 3.05) is 12.4 Å². The van der Waals surface area contributed by atoms with Crippen molar-refractivity contribution < 1.29 is 23.9 Å². The molecule has 3 rings (SSSR count). The number of carbonyl (C=O) groups excluding carboxylic acids is 4. The first-order chi connectivity index (χ1) is 15.2. The Morgan fingerprint density at radius 3 is 2.38 bits per heavy atom. The minimum atomic E-state index is -0.782. The molecule has 1 aliphatic rings. The van der Waals surface area contributed by atoms with Crippen LogP contribution in [0.5, 0.6) is 0 Å². The molecule has 0 saturated heterocycles. The van der Waals surface area contributed by atoms with Gasteiger partial charge >= 0.3 is 5.97 Å². The van der Waals surface area contributed by atoms with Gasteiger partial charge in [-0.05, 0) is 34.4 Å². The van der Waals surface area contributed by atoms with E-state index in [0.29, 0.717) is 5.69 Å². The summed E-state index contributed by atoms with van der Waals surface area (Å²) in [5.41, 5.74) is 3.91. The smallest absolute Gasteiger partial charge is 0.353 e. The van der Waals surface area contributed by atoms with E-state index in [-0.39, 0.29) is 36.2 Å². The van der Waals surface area contributed by atoms with Gasteiger partial charge in [0.25, 0.3) is 5.91 Å². The molecule has 32 heavy (non-hydrogen) atoms. The molecule has 8 nitrogen and oxygen atoms in total. The number of benzene rings is 2. The van der Waals surface area contributed by atoms with Gasteiger partial charge in [-0.1, -0.05) is 43.5 Å². The molecule has 2 N–H and O–H groups in total. The first-order valence-electron chi connectivity index (χ1n) is 9.78. The number of amides is 3. The van der Waals surface area contributed by atoms with E-state index < -0.39 is 11.9 Å². The summed E-state index contributed by atoms with van der Waals surface area (Å²) >= 11 is 0. The maximum absolute atomic E-state index is 12.9. The van der Waals surface area contributed by atoms with Gasteiger partial charge in [0.2, 0.25) is 11.8 Å². The summed E-state index contributed by atoms with van der Waals surface area (Å²) in [5.74, 6) is -1.93. The Labute approximate surface area is 185 Å². The van der Waals surface area contributed by atoms with Crippen LogP contribution < -0.4 is 10.6 Å². The van der Waals surface area contributed by atoms with Crippen LogP contribution in [-0.2, 0) is 36.9 Å². The molecule has 0 spiro atoms. The Morgan fingerprint density at radius 2 is 1.75 bits per heavy atom. The molecule has 0 aromatic heterocycles. The highest BCUT2D eigenvalue weighted by molar-refractivity contribution is 6.02. The van der Waals surface area contributed by atoms with E-state index in [0.717, 1.165) is 22.3 Å². The fourth-order valence-corrected chi connectivity index (χ4v) is 3.46. The van der Waals surface area contributed by atoms with Gasteiger partial charge in [-0.25, -0.2) is 4.79 Å². The molecule has 1 aliphatic heterocycles. The third kappa shape index (κ3) is 4.75. The molecule has 8 heteroatoms. The van der Waals surface area contributed by atoms with E-state index in [1.807, 2.05) is 30.3 Å². The molecule has 0 atom stereocenters. The fraction of sp³-hybridized carbons (Fsp3) is 0.167. The lowest BCUT2D eigenvalue weighted by molar-refractivity contribution is -0.137. The quantitative estimate of drug-likeness (QED) is 0.538. The molecular formula is C24H23N3O5. The third-order valence-electron chi connectivity index (χ3n) is 5.03. The molecule has 2 aromatic carbocycles. The zero-order valence-electron chi connectivity index (χ0n) is 17.9. The Hall–Kier alpha value is -4.20. The number of hydrogen-bond acceptors (Lipinski definition) is 5. The van der Waals surface area contributed by atoms with Gasteiger partial charge < -0.3 is 20.3 Å². The molecule has 0 unspecified atom stereocenters. The van der Waals surface area contributed by atoms with Gasteiger partial charge in [0, 0.05) is 12.6 Å². The Kier molecular flexibility index (Phi) is 6.53. The van der Waals surface area contributed by atoms with Crippen LogP contribution in [0.25, 0.3) is 11.1 Å². The topological polar surface area (TPSA) is 105 Å². The van der Waals surface area contributed by atoms with E-state index in [1.54, 1.807) is 12.1 Å². The summed E-state index contributed by atoms with van der Waals surface area (Å²) < 4.78 is 4.50. The summed E-state index contributed by atoms with van der Waals surface area (Å²) in [5, 5.41) is 5.02. The minimum absolute atomic E-state index is 0.0865. The minimum Gasteiger partial charge on any atom is -0.464 e. The van der Waals surface area contributed by atoms with Gasteiger partial charge in [-0.3, -0.25) is 14.4 Å². The highest BCUT2D eigenvalue weighted by Crippen LogP contribution is 2.32. The van der Waals surface area contributed by atoms with Crippen molar-refractivity contribution in [2.24, 2.45) is 0 Å². The molecule has 0 bridgehead atoms. The highest BCUT2D eigenvalue weighted by atomic mass is 16.5. The lowest BCUT2D eigenvalue weighted by Gasteiger charge is -2.30. The second kappa shape index (κ2) is 9.30. The maximum atomic E-state index is 12.9. The molecule has 0 saturated carbocycles. The highest BCUT2D eigenvalue weighted by Gasteiger charge is 2.30. The maximum Gasteiger partial charge on any atom is 0.353 e. The van der Waals surface area contributed by atoms with Crippen molar-refractivity contribution in [2.45, 2.75) is 19.9 Å². The van der Waals surface area contributed by atoms with Gasteiger partial charge in [0.15, 0.2) is 0 Å². The number of nitrogens with zero attached hydrogens (tertiary/aromatic N) is 1. The van der Waals surface area contributed by atoms with Crippen LogP contribution in [0.2, 0.25) is 0 Å². The van der Waals surface area contributed by atoms with Crippen LogP contribution in [-0.4, -0.2) is 35.7 Å². The van der Waals surface area contributed by atoms with Crippen molar-refractivity contribution in [1.29, 1.82) is 0 Å². The standard InChI is InChI=1S/C24H23N3O5/c1-14(24(31)32-4)25-23(30)15(2)27-13-18-6-5-7-20(21(18)12-22(27)29)17-8-10-19(11-9-17)26-16(3)28/h5-11H,1-2,12-13H2,3-4H3,(H,25,30)(H,26,28). The van der Waals surface area contributed by atoms with Crippen LogP contribution in [0.4, 0.5) is 5.69 Å². The van der Waals surface area contributed by atoms with Crippen LogP contribution >= 0.6 is 0 Å². The van der Waals surface area contributed by atoms with Crippen LogP contribution in [0.15, 0.2) is 67.0 Å².